The molecular formula is C25H22F3N3O4. The van der Waals surface area contributed by atoms with Gasteiger partial charge in [0, 0.05) is 36.1 Å². The van der Waals surface area contributed by atoms with Crippen LogP contribution in [-0.2, 0) is 15.8 Å². The van der Waals surface area contributed by atoms with Crippen LogP contribution in [0.2, 0.25) is 0 Å². The Kier molecular flexibility index (Phi) is 7.75. The van der Waals surface area contributed by atoms with Crippen LogP contribution in [0.5, 0.6) is 0 Å². The molecule has 0 fully saturated rings. The Hall–Kier alpha value is -4.34. The largest absolute Gasteiger partial charge is 0.478 e. The maximum atomic E-state index is 12.9. The summed E-state index contributed by atoms with van der Waals surface area (Å²) < 4.78 is 38.5. The SMILES string of the molecule is Cc1[nH]c(-c2ccccc2)c(/C=C/C(=O)O)c1C(=O)C(=O)NCCNc1cccc(C(F)(F)F)c1. The molecule has 35 heavy (non-hydrogen) atoms. The number of carbonyl (C=O) groups is 3. The van der Waals surface area contributed by atoms with E-state index in [2.05, 4.69) is 15.6 Å². The van der Waals surface area contributed by atoms with Crippen molar-refractivity contribution in [3.8, 4) is 11.3 Å². The van der Waals surface area contributed by atoms with E-state index in [0.29, 0.717) is 17.0 Å². The molecule has 2 aromatic carbocycles. The smallest absolute Gasteiger partial charge is 0.416 e. The molecule has 1 heterocycles. The van der Waals surface area contributed by atoms with Crippen molar-refractivity contribution in [3.63, 3.8) is 0 Å². The minimum absolute atomic E-state index is 0.0316. The maximum absolute atomic E-state index is 12.9. The quantitative estimate of drug-likeness (QED) is 0.154. The fourth-order valence-electron chi connectivity index (χ4n) is 3.47. The second-order valence-electron chi connectivity index (χ2n) is 7.54. The van der Waals surface area contributed by atoms with Gasteiger partial charge in [-0.15, -0.1) is 0 Å². The van der Waals surface area contributed by atoms with Crippen molar-refractivity contribution in [3.05, 3.63) is 83.1 Å². The highest BCUT2D eigenvalue weighted by Gasteiger charge is 2.30. The van der Waals surface area contributed by atoms with Gasteiger partial charge in [0.05, 0.1) is 16.8 Å². The number of aliphatic carboxylic acids is 1. The lowest BCUT2D eigenvalue weighted by Gasteiger charge is -2.11. The highest BCUT2D eigenvalue weighted by Crippen LogP contribution is 2.31. The molecule has 3 rings (SSSR count). The summed E-state index contributed by atoms with van der Waals surface area (Å²) in [5.74, 6) is -3.01. The minimum Gasteiger partial charge on any atom is -0.478 e. The van der Waals surface area contributed by atoms with Crippen LogP contribution in [0.25, 0.3) is 17.3 Å². The third-order valence-electron chi connectivity index (χ3n) is 5.04. The summed E-state index contributed by atoms with van der Waals surface area (Å²) in [6.07, 6.45) is -2.34. The van der Waals surface area contributed by atoms with Crippen molar-refractivity contribution >= 4 is 29.4 Å². The Morgan fingerprint density at radius 3 is 2.40 bits per heavy atom. The van der Waals surface area contributed by atoms with Crippen molar-refractivity contribution in [1.82, 2.24) is 10.3 Å². The van der Waals surface area contributed by atoms with Gasteiger partial charge in [-0.25, -0.2) is 4.79 Å². The number of halogens is 3. The van der Waals surface area contributed by atoms with Gasteiger partial charge in [0.1, 0.15) is 0 Å². The van der Waals surface area contributed by atoms with Crippen molar-refractivity contribution in [2.75, 3.05) is 18.4 Å². The number of carboxylic acids is 1. The van der Waals surface area contributed by atoms with Crippen LogP contribution in [0.1, 0.15) is 27.2 Å². The first-order valence-corrected chi connectivity index (χ1v) is 10.5. The molecule has 0 bridgehead atoms. The lowest BCUT2D eigenvalue weighted by Crippen LogP contribution is -2.34. The lowest BCUT2D eigenvalue weighted by molar-refractivity contribution is -0.137. The van der Waals surface area contributed by atoms with Gasteiger partial charge in [-0.05, 0) is 36.8 Å². The predicted molar refractivity (Wildman–Crippen MR) is 125 cm³/mol. The number of hydrogen-bond acceptors (Lipinski definition) is 4. The van der Waals surface area contributed by atoms with Gasteiger partial charge in [-0.2, -0.15) is 13.2 Å². The van der Waals surface area contributed by atoms with Gasteiger partial charge in [0.2, 0.25) is 0 Å². The number of hydrogen-bond donors (Lipinski definition) is 4. The number of H-pyrrole nitrogens is 1. The van der Waals surface area contributed by atoms with E-state index in [0.717, 1.165) is 18.2 Å². The number of nitrogens with one attached hydrogen (secondary N) is 3. The van der Waals surface area contributed by atoms with Crippen molar-refractivity contribution < 1.29 is 32.7 Å². The molecule has 3 aromatic rings. The number of alkyl halides is 3. The number of aromatic amines is 1. The Bertz CT molecular complexity index is 1260. The average molecular weight is 485 g/mol. The zero-order valence-electron chi connectivity index (χ0n) is 18.6. The normalized spacial score (nSPS) is 11.4. The van der Waals surface area contributed by atoms with E-state index in [4.69, 9.17) is 5.11 Å². The van der Waals surface area contributed by atoms with Crippen LogP contribution >= 0.6 is 0 Å². The molecule has 182 valence electrons. The molecule has 0 unspecified atom stereocenters. The summed E-state index contributed by atoms with van der Waals surface area (Å²) in [7, 11) is 0. The van der Waals surface area contributed by atoms with Crippen LogP contribution in [0, 0.1) is 6.92 Å². The van der Waals surface area contributed by atoms with Crippen LogP contribution in [0.4, 0.5) is 18.9 Å². The first-order chi connectivity index (χ1) is 16.6. The number of carboxylic acid groups (broad SMARTS) is 1. The predicted octanol–water partition coefficient (Wildman–Crippen LogP) is 4.52. The Morgan fingerprint density at radius 1 is 1.03 bits per heavy atom. The Labute approximate surface area is 198 Å². The Morgan fingerprint density at radius 2 is 1.74 bits per heavy atom. The molecule has 0 spiro atoms. The van der Waals surface area contributed by atoms with Crippen LogP contribution in [-0.4, -0.2) is 40.8 Å². The number of amides is 1. The molecule has 0 saturated carbocycles. The number of Topliss-reactive ketones (excluding diaryl/α,β-unsaturated/α-hetero) is 1. The fourth-order valence-corrected chi connectivity index (χ4v) is 3.47. The third kappa shape index (κ3) is 6.38. The molecule has 1 amide bonds. The summed E-state index contributed by atoms with van der Waals surface area (Å²) in [6.45, 7) is 1.64. The zero-order valence-corrected chi connectivity index (χ0v) is 18.6. The molecule has 4 N–H and O–H groups in total. The number of aromatic nitrogens is 1. The van der Waals surface area contributed by atoms with Gasteiger partial charge in [-0.1, -0.05) is 36.4 Å². The highest BCUT2D eigenvalue weighted by molar-refractivity contribution is 6.44. The van der Waals surface area contributed by atoms with Gasteiger partial charge < -0.3 is 20.7 Å². The average Bonchev–Trinajstić information content (AvgIpc) is 3.16. The van der Waals surface area contributed by atoms with E-state index >= 15 is 0 Å². The molecule has 0 atom stereocenters. The van der Waals surface area contributed by atoms with E-state index in [1.165, 1.54) is 18.2 Å². The summed E-state index contributed by atoms with van der Waals surface area (Å²) in [5.41, 5.74) is 1.28. The topological polar surface area (TPSA) is 111 Å². The van der Waals surface area contributed by atoms with Gasteiger partial charge in [-0.3, -0.25) is 9.59 Å². The highest BCUT2D eigenvalue weighted by atomic mass is 19.4. The van der Waals surface area contributed by atoms with Crippen LogP contribution < -0.4 is 10.6 Å². The van der Waals surface area contributed by atoms with Gasteiger partial charge in [0.25, 0.3) is 11.7 Å². The lowest BCUT2D eigenvalue weighted by atomic mass is 10.00. The van der Waals surface area contributed by atoms with Gasteiger partial charge >= 0.3 is 12.1 Å². The molecule has 0 aliphatic rings. The summed E-state index contributed by atoms with van der Waals surface area (Å²) >= 11 is 0. The maximum Gasteiger partial charge on any atom is 0.416 e. The second kappa shape index (κ2) is 10.7. The van der Waals surface area contributed by atoms with Crippen molar-refractivity contribution in [2.45, 2.75) is 13.1 Å². The first-order valence-electron chi connectivity index (χ1n) is 10.5. The minimum atomic E-state index is -4.47. The third-order valence-corrected chi connectivity index (χ3v) is 5.04. The summed E-state index contributed by atoms with van der Waals surface area (Å²) in [5, 5.41) is 14.3. The summed E-state index contributed by atoms with van der Waals surface area (Å²) in [6, 6.07) is 13.5. The van der Waals surface area contributed by atoms with E-state index < -0.39 is 29.4 Å². The number of anilines is 1. The Balaban J connectivity index is 1.72. The van der Waals surface area contributed by atoms with Crippen LogP contribution in [0.3, 0.4) is 0 Å². The summed E-state index contributed by atoms with van der Waals surface area (Å²) in [4.78, 5) is 39.6. The van der Waals surface area contributed by atoms with Crippen LogP contribution in [0.15, 0.2) is 60.7 Å². The van der Waals surface area contributed by atoms with Gasteiger partial charge in [0.15, 0.2) is 0 Å². The molecule has 0 aliphatic heterocycles. The second-order valence-corrected chi connectivity index (χ2v) is 7.54. The molecule has 7 nitrogen and oxygen atoms in total. The molecule has 10 heteroatoms. The van der Waals surface area contributed by atoms with Crippen molar-refractivity contribution in [2.24, 2.45) is 0 Å². The first kappa shape index (κ1) is 25.3. The fraction of sp³-hybridized carbons (Fsp3) is 0.160. The van der Waals surface area contributed by atoms with E-state index in [1.807, 2.05) is 0 Å². The van der Waals surface area contributed by atoms with Crippen molar-refractivity contribution in [1.29, 1.82) is 0 Å². The van der Waals surface area contributed by atoms with E-state index in [-0.39, 0.29) is 29.9 Å². The standard InChI is InChI=1S/C25H22F3N3O4/c1-15-21(19(10-11-20(32)33)22(31-15)16-6-3-2-4-7-16)23(34)24(35)30-13-12-29-18-9-5-8-17(14-18)25(26,27)28/h2-11,14,29,31H,12-13H2,1H3,(H,30,35)(H,32,33)/b11-10+. The molecule has 0 aliphatic carbocycles. The molecule has 0 saturated heterocycles. The number of ketones is 1. The van der Waals surface area contributed by atoms with E-state index in [1.54, 1.807) is 37.3 Å². The van der Waals surface area contributed by atoms with E-state index in [9.17, 15) is 27.6 Å². The number of benzene rings is 2. The molecule has 1 aromatic heterocycles. The monoisotopic (exact) mass is 485 g/mol. The number of rotatable bonds is 9. The molecule has 0 radical (unpaired) electrons. The molecular weight excluding hydrogens is 463 g/mol. The number of aryl methyl sites for hydroxylation is 1. The number of carbonyl (C=O) groups excluding carboxylic acids is 2. The zero-order chi connectivity index (χ0) is 25.6.